The third-order valence-electron chi connectivity index (χ3n) is 6.26. The van der Waals surface area contributed by atoms with Crippen molar-refractivity contribution in [2.75, 3.05) is 6.61 Å². The van der Waals surface area contributed by atoms with Gasteiger partial charge in [0.05, 0.1) is 17.8 Å². The van der Waals surface area contributed by atoms with E-state index in [2.05, 4.69) is 5.04 Å². The number of rotatable bonds is 11. The maximum Gasteiger partial charge on any atom is 0.348 e. The van der Waals surface area contributed by atoms with Gasteiger partial charge in [-0.25, -0.2) is 13.9 Å². The standard InChI is InChI=1S/C20H34O8S2/c21-20(24-26-27-29-18-10-3-1-4-11-18)17-9-7-8-16(14-17)15-23-25-28-30(22)19-12-5-2-6-13-19/h16-19H,1-15H2. The van der Waals surface area contributed by atoms with E-state index in [0.717, 1.165) is 57.8 Å². The molecule has 3 rings (SSSR count). The van der Waals surface area contributed by atoms with Gasteiger partial charge in [0.25, 0.3) is 0 Å². The summed E-state index contributed by atoms with van der Waals surface area (Å²) in [4.78, 5) is 22.1. The molecule has 0 aromatic heterocycles. The van der Waals surface area contributed by atoms with E-state index in [1.807, 2.05) is 0 Å². The molecular weight excluding hydrogens is 432 g/mol. The first-order chi connectivity index (χ1) is 14.7. The van der Waals surface area contributed by atoms with E-state index < -0.39 is 17.0 Å². The van der Waals surface area contributed by atoms with Crippen LogP contribution >= 0.6 is 12.0 Å². The van der Waals surface area contributed by atoms with Gasteiger partial charge in [-0.15, -0.1) is 8.67 Å². The molecule has 3 aliphatic carbocycles. The lowest BCUT2D eigenvalue weighted by molar-refractivity contribution is -0.466. The first-order valence-corrected chi connectivity index (χ1v) is 13.2. The van der Waals surface area contributed by atoms with Gasteiger partial charge in [-0.05, 0) is 50.9 Å². The van der Waals surface area contributed by atoms with E-state index >= 15 is 0 Å². The molecule has 30 heavy (non-hydrogen) atoms. The highest BCUT2D eigenvalue weighted by Crippen LogP contribution is 2.32. The van der Waals surface area contributed by atoms with Crippen molar-refractivity contribution in [3.05, 3.63) is 0 Å². The number of hydrogen-bond acceptors (Lipinski definition) is 9. The Balaban J connectivity index is 1.24. The topological polar surface area (TPSA) is 89.5 Å². The highest BCUT2D eigenvalue weighted by molar-refractivity contribution is 7.95. The third-order valence-corrected chi connectivity index (χ3v) is 8.34. The fourth-order valence-corrected chi connectivity index (χ4v) is 6.11. The largest absolute Gasteiger partial charge is 0.348 e. The maximum absolute atomic E-state index is 12.2. The second-order valence-corrected chi connectivity index (χ2v) is 10.9. The van der Waals surface area contributed by atoms with E-state index in [1.54, 1.807) is 0 Å². The summed E-state index contributed by atoms with van der Waals surface area (Å²) in [5.74, 6) is -0.534. The second kappa shape index (κ2) is 14.0. The molecule has 0 aromatic carbocycles. The highest BCUT2D eigenvalue weighted by Gasteiger charge is 2.30. The fourth-order valence-electron chi connectivity index (χ4n) is 4.49. The molecule has 3 fully saturated rings. The minimum Gasteiger partial charge on any atom is -0.268 e. The zero-order valence-corrected chi connectivity index (χ0v) is 19.1. The first kappa shape index (κ1) is 24.4. The van der Waals surface area contributed by atoms with Crippen molar-refractivity contribution in [3.8, 4) is 0 Å². The van der Waals surface area contributed by atoms with Crippen LogP contribution in [-0.2, 0) is 44.4 Å². The first-order valence-electron chi connectivity index (χ1n) is 11.3. The summed E-state index contributed by atoms with van der Waals surface area (Å²) >= 11 is -0.250. The van der Waals surface area contributed by atoms with Crippen LogP contribution in [0.5, 0.6) is 0 Å². The van der Waals surface area contributed by atoms with Gasteiger partial charge in [-0.3, -0.25) is 4.89 Å². The van der Waals surface area contributed by atoms with Crippen molar-refractivity contribution < 1.29 is 37.5 Å². The van der Waals surface area contributed by atoms with Crippen LogP contribution in [0.1, 0.15) is 89.9 Å². The lowest BCUT2D eigenvalue weighted by Gasteiger charge is -2.26. The summed E-state index contributed by atoms with van der Waals surface area (Å²) in [6, 6.07) is 0. The Morgan fingerprint density at radius 2 is 1.60 bits per heavy atom. The number of hydrogen-bond donors (Lipinski definition) is 0. The molecule has 3 saturated carbocycles. The predicted octanol–water partition coefficient (Wildman–Crippen LogP) is 5.06. The highest BCUT2D eigenvalue weighted by atomic mass is 32.2. The molecule has 174 valence electrons. The van der Waals surface area contributed by atoms with Crippen molar-refractivity contribution in [2.24, 2.45) is 11.8 Å². The van der Waals surface area contributed by atoms with Crippen LogP contribution in [0, 0.1) is 11.8 Å². The predicted molar refractivity (Wildman–Crippen MR) is 111 cm³/mol. The summed E-state index contributed by atoms with van der Waals surface area (Å²) in [6.07, 6.45) is 14.2. The smallest absolute Gasteiger partial charge is 0.268 e. The van der Waals surface area contributed by atoms with Gasteiger partial charge in [-0.1, -0.05) is 50.0 Å². The van der Waals surface area contributed by atoms with Gasteiger partial charge >= 0.3 is 5.97 Å². The Kier molecular flexibility index (Phi) is 11.4. The van der Waals surface area contributed by atoms with Gasteiger partial charge in [0.2, 0.25) is 0 Å². The molecule has 0 heterocycles. The molecule has 0 saturated heterocycles. The van der Waals surface area contributed by atoms with E-state index in [0.29, 0.717) is 11.7 Å². The third kappa shape index (κ3) is 8.72. The number of carbonyl (C=O) groups is 1. The van der Waals surface area contributed by atoms with Crippen LogP contribution in [-0.4, -0.2) is 27.3 Å². The SMILES string of the molecule is O=C(OOOSC1CCCCC1)C1CCCC(COOOS(=O)C2CCCCC2)C1. The fraction of sp³-hybridized carbons (Fsp3) is 0.950. The Morgan fingerprint density at radius 1 is 0.867 bits per heavy atom. The lowest BCUT2D eigenvalue weighted by atomic mass is 9.82. The average molecular weight is 467 g/mol. The van der Waals surface area contributed by atoms with Crippen molar-refractivity contribution in [2.45, 2.75) is 100 Å². The molecule has 10 heteroatoms. The van der Waals surface area contributed by atoms with E-state index in [4.69, 9.17) is 23.5 Å². The van der Waals surface area contributed by atoms with Crippen LogP contribution in [0.4, 0.5) is 0 Å². The average Bonchev–Trinajstić information content (AvgIpc) is 2.81. The Labute approximate surface area is 185 Å². The summed E-state index contributed by atoms with van der Waals surface area (Å²) < 4.78 is 21.9. The molecular formula is C20H34O8S2. The van der Waals surface area contributed by atoms with Crippen LogP contribution in [0.25, 0.3) is 0 Å². The number of carbonyl (C=O) groups excluding carboxylic acids is 1. The normalized spacial score (nSPS) is 27.6. The Bertz CT molecular complexity index is 523. The van der Waals surface area contributed by atoms with E-state index in [-0.39, 0.29) is 23.7 Å². The van der Waals surface area contributed by atoms with Crippen LogP contribution < -0.4 is 0 Å². The van der Waals surface area contributed by atoms with Crippen LogP contribution in [0.15, 0.2) is 0 Å². The molecule has 0 amide bonds. The molecule has 0 aliphatic heterocycles. The minimum absolute atomic E-state index is 0.0228. The molecule has 0 spiro atoms. The maximum atomic E-state index is 12.2. The van der Waals surface area contributed by atoms with Gasteiger partial charge < -0.3 is 0 Å². The van der Waals surface area contributed by atoms with E-state index in [1.165, 1.54) is 37.7 Å². The van der Waals surface area contributed by atoms with E-state index in [9.17, 15) is 9.00 Å². The Hall–Kier alpha value is -0.230. The molecule has 0 aromatic rings. The van der Waals surface area contributed by atoms with Crippen molar-refractivity contribution in [1.82, 2.24) is 0 Å². The molecule has 3 aliphatic rings. The van der Waals surface area contributed by atoms with Gasteiger partial charge in [0, 0.05) is 22.3 Å². The molecule has 8 nitrogen and oxygen atoms in total. The summed E-state index contributed by atoms with van der Waals surface area (Å²) in [5, 5.41) is 9.82. The molecule has 0 bridgehead atoms. The zero-order valence-electron chi connectivity index (χ0n) is 17.5. The summed E-state index contributed by atoms with van der Waals surface area (Å²) in [6.45, 7) is 0.278. The quantitative estimate of drug-likeness (QED) is 0.179. The van der Waals surface area contributed by atoms with Gasteiger partial charge in [-0.2, -0.15) is 0 Å². The summed E-state index contributed by atoms with van der Waals surface area (Å²) in [7, 11) is 0. The Morgan fingerprint density at radius 3 is 2.37 bits per heavy atom. The molecule has 3 atom stereocenters. The monoisotopic (exact) mass is 466 g/mol. The van der Waals surface area contributed by atoms with Crippen molar-refractivity contribution >= 4 is 29.1 Å². The molecule has 3 unspecified atom stereocenters. The molecule has 0 radical (unpaired) electrons. The minimum atomic E-state index is -1.49. The van der Waals surface area contributed by atoms with Crippen molar-refractivity contribution in [1.29, 1.82) is 0 Å². The van der Waals surface area contributed by atoms with Gasteiger partial charge in [0.1, 0.15) is 0 Å². The van der Waals surface area contributed by atoms with Crippen LogP contribution in [0.3, 0.4) is 0 Å². The van der Waals surface area contributed by atoms with Crippen LogP contribution in [0.2, 0.25) is 0 Å². The summed E-state index contributed by atoms with van der Waals surface area (Å²) in [5.41, 5.74) is 0. The van der Waals surface area contributed by atoms with Gasteiger partial charge in [0.15, 0.2) is 11.1 Å². The van der Waals surface area contributed by atoms with Crippen molar-refractivity contribution in [3.63, 3.8) is 0 Å². The molecule has 0 N–H and O–H groups in total. The lowest BCUT2D eigenvalue weighted by Crippen LogP contribution is -2.27. The zero-order chi connectivity index (χ0) is 21.0. The second-order valence-electron chi connectivity index (χ2n) is 8.57.